The molecule has 0 spiro atoms. The van der Waals surface area contributed by atoms with Gasteiger partial charge in [-0.1, -0.05) is 36.8 Å². The molecule has 1 aromatic rings. The fourth-order valence-corrected chi connectivity index (χ4v) is 1.58. The van der Waals surface area contributed by atoms with Crippen molar-refractivity contribution in [3.63, 3.8) is 0 Å². The molecule has 0 aliphatic carbocycles. The Morgan fingerprint density at radius 3 is 2.29 bits per heavy atom. The average molecular weight is 193 g/mol. The van der Waals surface area contributed by atoms with Crippen LogP contribution in [0.15, 0.2) is 24.3 Å². The summed E-state index contributed by atoms with van der Waals surface area (Å²) in [5.41, 5.74) is 2.20. The van der Waals surface area contributed by atoms with Gasteiger partial charge in [0.25, 0.3) is 0 Å². The first-order valence-corrected chi connectivity index (χ1v) is 5.11. The summed E-state index contributed by atoms with van der Waals surface area (Å²) in [6, 6.07) is 8.17. The van der Waals surface area contributed by atoms with Gasteiger partial charge in [-0.25, -0.2) is 0 Å². The topological polar surface area (TPSA) is 32.3 Å². The van der Waals surface area contributed by atoms with E-state index in [4.69, 9.17) is 0 Å². The second-order valence-corrected chi connectivity index (χ2v) is 3.66. The molecule has 0 radical (unpaired) electrons. The van der Waals surface area contributed by atoms with Gasteiger partial charge in [0.15, 0.2) is 0 Å². The van der Waals surface area contributed by atoms with E-state index in [1.54, 1.807) is 0 Å². The van der Waals surface area contributed by atoms with E-state index in [1.807, 2.05) is 38.2 Å². The van der Waals surface area contributed by atoms with Gasteiger partial charge in [-0.15, -0.1) is 0 Å². The molecule has 2 N–H and O–H groups in total. The molecule has 0 saturated carbocycles. The molecule has 2 atom stereocenters. The van der Waals surface area contributed by atoms with Crippen LogP contribution in [-0.4, -0.2) is 18.2 Å². The van der Waals surface area contributed by atoms with Crippen LogP contribution in [0.25, 0.3) is 0 Å². The van der Waals surface area contributed by atoms with E-state index in [-0.39, 0.29) is 6.04 Å². The van der Waals surface area contributed by atoms with E-state index < -0.39 is 6.10 Å². The highest BCUT2D eigenvalue weighted by Crippen LogP contribution is 2.18. The van der Waals surface area contributed by atoms with Crippen LogP contribution in [0, 0.1) is 6.92 Å². The predicted molar refractivity (Wildman–Crippen MR) is 59.3 cm³/mol. The Morgan fingerprint density at radius 2 is 1.86 bits per heavy atom. The Morgan fingerprint density at radius 1 is 1.29 bits per heavy atom. The highest BCUT2D eigenvalue weighted by Gasteiger charge is 2.16. The molecule has 2 heteroatoms. The minimum Gasteiger partial charge on any atom is -0.387 e. The summed E-state index contributed by atoms with van der Waals surface area (Å²) in [5.74, 6) is 0. The first-order chi connectivity index (χ1) is 6.69. The summed E-state index contributed by atoms with van der Waals surface area (Å²) in [6.45, 7) is 4.12. The van der Waals surface area contributed by atoms with Crippen LogP contribution in [0.5, 0.6) is 0 Å². The summed E-state index contributed by atoms with van der Waals surface area (Å²) >= 11 is 0. The Bertz CT molecular complexity index is 264. The summed E-state index contributed by atoms with van der Waals surface area (Å²) < 4.78 is 0. The molecule has 0 aliphatic rings. The van der Waals surface area contributed by atoms with Crippen molar-refractivity contribution < 1.29 is 5.11 Å². The van der Waals surface area contributed by atoms with Gasteiger partial charge in [-0.05, 0) is 26.0 Å². The highest BCUT2D eigenvalue weighted by atomic mass is 16.3. The lowest BCUT2D eigenvalue weighted by atomic mass is 10.00. The Kier molecular flexibility index (Phi) is 4.11. The molecule has 0 saturated heterocycles. The molecule has 1 aromatic carbocycles. The monoisotopic (exact) mass is 193 g/mol. The van der Waals surface area contributed by atoms with Crippen molar-refractivity contribution in [1.29, 1.82) is 0 Å². The van der Waals surface area contributed by atoms with E-state index in [0.717, 1.165) is 12.0 Å². The van der Waals surface area contributed by atoms with E-state index in [9.17, 15) is 5.11 Å². The highest BCUT2D eigenvalue weighted by molar-refractivity contribution is 5.24. The molecule has 0 unspecified atom stereocenters. The first kappa shape index (κ1) is 11.2. The quantitative estimate of drug-likeness (QED) is 0.767. The third-order valence-electron chi connectivity index (χ3n) is 2.61. The third-order valence-corrected chi connectivity index (χ3v) is 2.61. The van der Waals surface area contributed by atoms with Gasteiger partial charge < -0.3 is 10.4 Å². The molecule has 0 fully saturated rings. The van der Waals surface area contributed by atoms with Crippen LogP contribution in [-0.2, 0) is 0 Å². The van der Waals surface area contributed by atoms with E-state index in [1.165, 1.54) is 5.56 Å². The fourth-order valence-electron chi connectivity index (χ4n) is 1.58. The van der Waals surface area contributed by atoms with Crippen LogP contribution in [0.3, 0.4) is 0 Å². The average Bonchev–Trinajstić information content (AvgIpc) is 2.20. The molecule has 0 aliphatic heterocycles. The molecule has 0 aromatic heterocycles. The van der Waals surface area contributed by atoms with Crippen molar-refractivity contribution in [2.45, 2.75) is 32.4 Å². The van der Waals surface area contributed by atoms with E-state index in [0.29, 0.717) is 0 Å². The largest absolute Gasteiger partial charge is 0.387 e. The second-order valence-electron chi connectivity index (χ2n) is 3.66. The van der Waals surface area contributed by atoms with Gasteiger partial charge in [0.2, 0.25) is 0 Å². The molecule has 14 heavy (non-hydrogen) atoms. The molecule has 2 nitrogen and oxygen atoms in total. The van der Waals surface area contributed by atoms with Crippen molar-refractivity contribution in [1.82, 2.24) is 5.32 Å². The van der Waals surface area contributed by atoms with Gasteiger partial charge >= 0.3 is 0 Å². The van der Waals surface area contributed by atoms with Crippen LogP contribution in [0.1, 0.15) is 30.6 Å². The summed E-state index contributed by atoms with van der Waals surface area (Å²) in [4.78, 5) is 0. The fraction of sp³-hybridized carbons (Fsp3) is 0.500. The maximum Gasteiger partial charge on any atom is 0.0942 e. The minimum absolute atomic E-state index is 0.137. The summed E-state index contributed by atoms with van der Waals surface area (Å²) in [5, 5.41) is 13.1. The number of aliphatic hydroxyl groups excluding tert-OH is 1. The number of rotatable bonds is 4. The molecule has 1 rings (SSSR count). The van der Waals surface area contributed by atoms with E-state index >= 15 is 0 Å². The molecular weight excluding hydrogens is 174 g/mol. The zero-order valence-corrected chi connectivity index (χ0v) is 9.12. The molecule has 0 heterocycles. The van der Waals surface area contributed by atoms with Gasteiger partial charge in [-0.3, -0.25) is 0 Å². The number of likely N-dealkylation sites (N-methyl/N-ethyl adjacent to an activating group) is 1. The Labute approximate surface area is 86.0 Å². The zero-order valence-electron chi connectivity index (χ0n) is 9.12. The van der Waals surface area contributed by atoms with Crippen molar-refractivity contribution in [3.05, 3.63) is 35.4 Å². The van der Waals surface area contributed by atoms with Crippen LogP contribution in [0.4, 0.5) is 0 Å². The second kappa shape index (κ2) is 5.13. The number of hydrogen-bond donors (Lipinski definition) is 2. The smallest absolute Gasteiger partial charge is 0.0942 e. The first-order valence-electron chi connectivity index (χ1n) is 5.11. The summed E-state index contributed by atoms with van der Waals surface area (Å²) in [7, 11) is 1.88. The molecule has 78 valence electrons. The normalized spacial score (nSPS) is 15.1. The third kappa shape index (κ3) is 2.56. The number of aliphatic hydroxyl groups is 1. The Hall–Kier alpha value is -0.860. The van der Waals surface area contributed by atoms with Crippen molar-refractivity contribution in [3.8, 4) is 0 Å². The van der Waals surface area contributed by atoms with Crippen LogP contribution < -0.4 is 5.32 Å². The van der Waals surface area contributed by atoms with Gasteiger partial charge in [0.05, 0.1) is 6.10 Å². The number of nitrogens with one attached hydrogen (secondary N) is 1. The van der Waals surface area contributed by atoms with Crippen molar-refractivity contribution >= 4 is 0 Å². The van der Waals surface area contributed by atoms with Gasteiger partial charge in [0.1, 0.15) is 0 Å². The molecule has 0 amide bonds. The lowest BCUT2D eigenvalue weighted by Crippen LogP contribution is -2.31. The lowest BCUT2D eigenvalue weighted by Gasteiger charge is -2.21. The number of aryl methyl sites for hydroxylation is 1. The SMILES string of the molecule is CC[C@@H](NC)[C@H](O)c1ccc(C)cc1. The predicted octanol–water partition coefficient (Wildman–Crippen LogP) is 2.03. The van der Waals surface area contributed by atoms with Crippen LogP contribution in [0.2, 0.25) is 0 Å². The Balaban J connectivity index is 2.77. The van der Waals surface area contributed by atoms with Gasteiger partial charge in [-0.2, -0.15) is 0 Å². The maximum atomic E-state index is 10.0. The van der Waals surface area contributed by atoms with E-state index in [2.05, 4.69) is 12.2 Å². The van der Waals surface area contributed by atoms with Gasteiger partial charge in [0, 0.05) is 6.04 Å². The van der Waals surface area contributed by atoms with Crippen molar-refractivity contribution in [2.75, 3.05) is 7.05 Å². The standard InChI is InChI=1S/C12H19NO/c1-4-11(13-3)12(14)10-7-5-9(2)6-8-10/h5-8,11-14H,4H2,1-3H3/t11-,12-/m1/s1. The zero-order chi connectivity index (χ0) is 10.6. The lowest BCUT2D eigenvalue weighted by molar-refractivity contribution is 0.130. The molecule has 0 bridgehead atoms. The summed E-state index contributed by atoms with van der Waals surface area (Å²) in [6.07, 6.45) is 0.511. The number of hydrogen-bond acceptors (Lipinski definition) is 2. The minimum atomic E-state index is -0.411. The maximum absolute atomic E-state index is 10.0. The molecular formula is C12H19NO. The van der Waals surface area contributed by atoms with Crippen LogP contribution >= 0.6 is 0 Å². The van der Waals surface area contributed by atoms with Crippen molar-refractivity contribution in [2.24, 2.45) is 0 Å². The number of benzene rings is 1.